The summed E-state index contributed by atoms with van der Waals surface area (Å²) in [5.74, 6) is -0.430. The van der Waals surface area contributed by atoms with Crippen LogP contribution in [0.4, 0.5) is 0 Å². The minimum Gasteiger partial charge on any atom is -0.469 e. The van der Waals surface area contributed by atoms with E-state index in [2.05, 4.69) is 4.74 Å². The zero-order valence-corrected chi connectivity index (χ0v) is 11.8. The van der Waals surface area contributed by atoms with Crippen molar-refractivity contribution in [1.82, 2.24) is 0 Å². The minimum absolute atomic E-state index is 0.0587. The topological polar surface area (TPSA) is 52.6 Å². The van der Waals surface area contributed by atoms with Crippen LogP contribution in [0.3, 0.4) is 0 Å². The van der Waals surface area contributed by atoms with Gasteiger partial charge in [-0.1, -0.05) is 20.3 Å². The van der Waals surface area contributed by atoms with Crippen LogP contribution in [0.5, 0.6) is 0 Å². The molecule has 0 aromatic heterocycles. The Morgan fingerprint density at radius 1 is 1.29 bits per heavy atom. The number of methoxy groups -OCH3 is 1. The number of carbonyl (C=O) groups is 2. The van der Waals surface area contributed by atoms with Crippen LogP contribution in [0.2, 0.25) is 0 Å². The second-order valence-corrected chi connectivity index (χ2v) is 5.40. The molecule has 0 aromatic rings. The number of thioether (sulfide) groups is 1. The van der Waals surface area contributed by atoms with Gasteiger partial charge in [-0.25, -0.2) is 0 Å². The molecule has 0 rings (SSSR count). The molecule has 0 N–H and O–H groups in total. The third kappa shape index (κ3) is 7.26. The zero-order chi connectivity index (χ0) is 13.3. The highest BCUT2D eigenvalue weighted by Crippen LogP contribution is 2.25. The van der Waals surface area contributed by atoms with E-state index in [9.17, 15) is 9.59 Å². The molecule has 0 fully saturated rings. The maximum Gasteiger partial charge on any atom is 0.319 e. The van der Waals surface area contributed by atoms with E-state index >= 15 is 0 Å². The summed E-state index contributed by atoms with van der Waals surface area (Å²) >= 11 is 1.49. The van der Waals surface area contributed by atoms with Gasteiger partial charge >= 0.3 is 11.9 Å². The molecule has 17 heavy (non-hydrogen) atoms. The molecule has 0 amide bonds. The normalized spacial score (nSPS) is 13.9. The summed E-state index contributed by atoms with van der Waals surface area (Å²) in [6.45, 7) is 6.13. The number of rotatable bonds is 8. The second kappa shape index (κ2) is 9.33. The quantitative estimate of drug-likeness (QED) is 0.629. The lowest BCUT2D eigenvalue weighted by Gasteiger charge is -2.18. The molecular formula is C12H22O4S. The predicted octanol–water partition coefficient (Wildman–Crippen LogP) is 2.40. The van der Waals surface area contributed by atoms with Crippen LogP contribution in [0.15, 0.2) is 0 Å². The number of hydrogen-bond acceptors (Lipinski definition) is 5. The first-order valence-corrected chi connectivity index (χ1v) is 6.88. The smallest absolute Gasteiger partial charge is 0.319 e. The summed E-state index contributed by atoms with van der Waals surface area (Å²) < 4.78 is 9.61. The summed E-state index contributed by atoms with van der Waals surface area (Å²) in [5, 5.41) is -0.122. The standard InChI is InChI=1S/C12H22O4S/c1-5-7-10(12(14)16-6-2)17-9(3)8-11(13)15-4/h9-10H,5-8H2,1-4H3. The van der Waals surface area contributed by atoms with Crippen molar-refractivity contribution >= 4 is 23.7 Å². The number of carbonyl (C=O) groups excluding carboxylic acids is 2. The Morgan fingerprint density at radius 2 is 1.94 bits per heavy atom. The molecular weight excluding hydrogens is 240 g/mol. The van der Waals surface area contributed by atoms with Crippen molar-refractivity contribution in [3.63, 3.8) is 0 Å². The molecule has 5 heteroatoms. The van der Waals surface area contributed by atoms with Crippen LogP contribution in [0, 0.1) is 0 Å². The van der Waals surface area contributed by atoms with Crippen molar-refractivity contribution in [3.05, 3.63) is 0 Å². The van der Waals surface area contributed by atoms with Gasteiger partial charge in [-0.15, -0.1) is 11.8 Å². The Balaban J connectivity index is 4.22. The molecule has 0 heterocycles. The van der Waals surface area contributed by atoms with E-state index in [0.29, 0.717) is 13.0 Å². The second-order valence-electron chi connectivity index (χ2n) is 3.76. The predicted molar refractivity (Wildman–Crippen MR) is 69.0 cm³/mol. The van der Waals surface area contributed by atoms with Gasteiger partial charge in [-0.2, -0.15) is 0 Å². The minimum atomic E-state index is -0.246. The van der Waals surface area contributed by atoms with Crippen LogP contribution in [-0.2, 0) is 19.1 Å². The Labute approximate surface area is 107 Å². The average Bonchev–Trinajstić information content (AvgIpc) is 2.28. The van der Waals surface area contributed by atoms with Crippen LogP contribution in [-0.4, -0.2) is 36.2 Å². The molecule has 0 aliphatic heterocycles. The van der Waals surface area contributed by atoms with Crippen molar-refractivity contribution in [2.24, 2.45) is 0 Å². The van der Waals surface area contributed by atoms with Crippen molar-refractivity contribution in [3.8, 4) is 0 Å². The lowest BCUT2D eigenvalue weighted by molar-refractivity contribution is -0.143. The number of esters is 2. The Kier molecular flexibility index (Phi) is 8.94. The summed E-state index contributed by atoms with van der Waals surface area (Å²) in [5.41, 5.74) is 0. The van der Waals surface area contributed by atoms with Crippen LogP contribution in [0.25, 0.3) is 0 Å². The van der Waals surface area contributed by atoms with Crippen molar-refractivity contribution in [2.45, 2.75) is 50.5 Å². The Bertz CT molecular complexity index is 243. The SMILES string of the molecule is CCCC(SC(C)CC(=O)OC)C(=O)OCC. The highest BCUT2D eigenvalue weighted by atomic mass is 32.2. The van der Waals surface area contributed by atoms with E-state index < -0.39 is 0 Å². The van der Waals surface area contributed by atoms with Crippen molar-refractivity contribution in [1.29, 1.82) is 0 Å². The molecule has 0 radical (unpaired) electrons. The third-order valence-electron chi connectivity index (χ3n) is 2.18. The van der Waals surface area contributed by atoms with E-state index in [1.54, 1.807) is 6.92 Å². The van der Waals surface area contributed by atoms with Gasteiger partial charge in [0.25, 0.3) is 0 Å². The summed E-state index contributed by atoms with van der Waals surface area (Å²) in [6.07, 6.45) is 2.01. The van der Waals surface area contributed by atoms with E-state index in [0.717, 1.165) is 12.8 Å². The van der Waals surface area contributed by atoms with Crippen LogP contribution in [0.1, 0.15) is 40.0 Å². The van der Waals surface area contributed by atoms with Gasteiger partial charge in [-0.05, 0) is 13.3 Å². The third-order valence-corrected chi connectivity index (χ3v) is 3.57. The zero-order valence-electron chi connectivity index (χ0n) is 11.0. The number of hydrogen-bond donors (Lipinski definition) is 0. The van der Waals surface area contributed by atoms with Gasteiger partial charge in [0.05, 0.1) is 20.1 Å². The van der Waals surface area contributed by atoms with Gasteiger partial charge in [0.2, 0.25) is 0 Å². The van der Waals surface area contributed by atoms with Gasteiger partial charge in [0, 0.05) is 5.25 Å². The maximum absolute atomic E-state index is 11.7. The molecule has 0 spiro atoms. The summed E-state index contributed by atoms with van der Waals surface area (Å²) in [4.78, 5) is 22.8. The first kappa shape index (κ1) is 16.3. The van der Waals surface area contributed by atoms with Gasteiger partial charge < -0.3 is 9.47 Å². The van der Waals surface area contributed by atoms with Gasteiger partial charge in [-0.3, -0.25) is 9.59 Å². The van der Waals surface area contributed by atoms with Crippen molar-refractivity contribution in [2.75, 3.05) is 13.7 Å². The molecule has 100 valence electrons. The monoisotopic (exact) mass is 262 g/mol. The summed E-state index contributed by atoms with van der Waals surface area (Å²) in [7, 11) is 1.37. The lowest BCUT2D eigenvalue weighted by atomic mass is 10.2. The first-order chi connectivity index (χ1) is 8.04. The van der Waals surface area contributed by atoms with E-state index in [-0.39, 0.29) is 22.4 Å². The van der Waals surface area contributed by atoms with Crippen molar-refractivity contribution < 1.29 is 19.1 Å². The fourth-order valence-corrected chi connectivity index (χ4v) is 2.73. The van der Waals surface area contributed by atoms with Gasteiger partial charge in [0.1, 0.15) is 5.25 Å². The largest absolute Gasteiger partial charge is 0.469 e. The Hall–Kier alpha value is -0.710. The fraction of sp³-hybridized carbons (Fsp3) is 0.833. The molecule has 0 saturated carbocycles. The first-order valence-electron chi connectivity index (χ1n) is 5.94. The molecule has 0 aromatic carbocycles. The van der Waals surface area contributed by atoms with Crippen LogP contribution < -0.4 is 0 Å². The molecule has 0 bridgehead atoms. The Morgan fingerprint density at radius 3 is 2.41 bits per heavy atom. The van der Waals surface area contributed by atoms with E-state index in [4.69, 9.17) is 4.74 Å². The molecule has 2 atom stereocenters. The lowest BCUT2D eigenvalue weighted by Crippen LogP contribution is -2.23. The molecule has 0 aliphatic rings. The van der Waals surface area contributed by atoms with Crippen LogP contribution >= 0.6 is 11.8 Å². The average molecular weight is 262 g/mol. The maximum atomic E-state index is 11.7. The summed E-state index contributed by atoms with van der Waals surface area (Å²) in [6, 6.07) is 0. The molecule has 2 unspecified atom stereocenters. The molecule has 0 aliphatic carbocycles. The number of ether oxygens (including phenoxy) is 2. The highest BCUT2D eigenvalue weighted by molar-refractivity contribution is 8.01. The van der Waals surface area contributed by atoms with E-state index in [1.807, 2.05) is 13.8 Å². The van der Waals surface area contributed by atoms with E-state index in [1.165, 1.54) is 18.9 Å². The molecule has 0 saturated heterocycles. The highest BCUT2D eigenvalue weighted by Gasteiger charge is 2.23. The fourth-order valence-electron chi connectivity index (χ4n) is 1.39. The van der Waals surface area contributed by atoms with Gasteiger partial charge in [0.15, 0.2) is 0 Å². The molecule has 4 nitrogen and oxygen atoms in total.